The summed E-state index contributed by atoms with van der Waals surface area (Å²) in [6.07, 6.45) is 1.48. The van der Waals surface area contributed by atoms with Crippen molar-refractivity contribution >= 4 is 45.9 Å². The summed E-state index contributed by atoms with van der Waals surface area (Å²) in [4.78, 5) is 23.2. The fourth-order valence-corrected chi connectivity index (χ4v) is 3.99. The third-order valence-corrected chi connectivity index (χ3v) is 6.00. The Kier molecular flexibility index (Phi) is 8.43. The minimum absolute atomic E-state index is 0.0173. The molecule has 0 aliphatic carbocycles. The third kappa shape index (κ3) is 6.58. The molecule has 0 aromatic heterocycles. The number of nitrogens with zero attached hydrogens (tertiary/aromatic N) is 2. The van der Waals surface area contributed by atoms with Crippen molar-refractivity contribution in [3.63, 3.8) is 0 Å². The van der Waals surface area contributed by atoms with Crippen molar-refractivity contribution in [2.24, 2.45) is 0 Å². The number of ether oxygens (including phenoxy) is 2. The molecule has 0 bridgehead atoms. The van der Waals surface area contributed by atoms with Gasteiger partial charge in [-0.15, -0.1) is 0 Å². The molecule has 9 heteroatoms. The Hall–Kier alpha value is -3.91. The number of nitro benzene ring substituents is 1. The number of methoxy groups -OCH3 is 1. The van der Waals surface area contributed by atoms with E-state index in [1.807, 2.05) is 32.0 Å². The van der Waals surface area contributed by atoms with Gasteiger partial charge in [-0.3, -0.25) is 14.9 Å². The monoisotopic (exact) mass is 583 g/mol. The highest BCUT2D eigenvalue weighted by molar-refractivity contribution is 14.1. The minimum Gasteiger partial charge on any atom is -0.493 e. The van der Waals surface area contributed by atoms with Crippen molar-refractivity contribution in [3.8, 4) is 17.6 Å². The number of hydrogen-bond acceptors (Lipinski definition) is 6. The molecule has 0 fully saturated rings. The van der Waals surface area contributed by atoms with Crippen LogP contribution in [0.1, 0.15) is 22.3 Å². The molecule has 0 radical (unpaired) electrons. The molecule has 35 heavy (non-hydrogen) atoms. The summed E-state index contributed by atoms with van der Waals surface area (Å²) < 4.78 is 12.0. The normalized spacial score (nSPS) is 10.9. The van der Waals surface area contributed by atoms with Crippen LogP contribution in [-0.4, -0.2) is 17.9 Å². The highest BCUT2D eigenvalue weighted by Gasteiger charge is 2.15. The molecule has 1 N–H and O–H groups in total. The molecule has 0 spiro atoms. The molecule has 3 aromatic carbocycles. The number of benzene rings is 3. The van der Waals surface area contributed by atoms with Crippen LogP contribution in [0.3, 0.4) is 0 Å². The van der Waals surface area contributed by atoms with Crippen molar-refractivity contribution in [2.75, 3.05) is 12.4 Å². The Morgan fingerprint density at radius 2 is 1.94 bits per heavy atom. The van der Waals surface area contributed by atoms with E-state index in [4.69, 9.17) is 9.47 Å². The highest BCUT2D eigenvalue weighted by Crippen LogP contribution is 2.35. The molecule has 1 amide bonds. The van der Waals surface area contributed by atoms with Gasteiger partial charge in [-0.25, -0.2) is 0 Å². The van der Waals surface area contributed by atoms with Gasteiger partial charge in [0.2, 0.25) is 0 Å². The van der Waals surface area contributed by atoms with Gasteiger partial charge in [0.05, 0.1) is 15.6 Å². The number of anilines is 1. The van der Waals surface area contributed by atoms with E-state index in [-0.39, 0.29) is 17.9 Å². The average molecular weight is 583 g/mol. The lowest BCUT2D eigenvalue weighted by atomic mass is 10.1. The summed E-state index contributed by atoms with van der Waals surface area (Å²) in [5.74, 6) is 0.339. The van der Waals surface area contributed by atoms with Crippen LogP contribution in [0.4, 0.5) is 11.4 Å². The van der Waals surface area contributed by atoms with Crippen molar-refractivity contribution < 1.29 is 19.2 Å². The Balaban J connectivity index is 1.82. The molecule has 0 unspecified atom stereocenters. The first-order valence-corrected chi connectivity index (χ1v) is 11.5. The van der Waals surface area contributed by atoms with E-state index in [1.54, 1.807) is 30.3 Å². The Labute approximate surface area is 216 Å². The number of aryl methyl sites for hydroxylation is 2. The van der Waals surface area contributed by atoms with Crippen molar-refractivity contribution in [3.05, 3.63) is 96.1 Å². The van der Waals surface area contributed by atoms with Gasteiger partial charge >= 0.3 is 0 Å². The smallest absolute Gasteiger partial charge is 0.269 e. The molecule has 0 saturated heterocycles. The highest BCUT2D eigenvalue weighted by atomic mass is 127. The summed E-state index contributed by atoms with van der Waals surface area (Å²) in [5.41, 5.74) is 3.88. The van der Waals surface area contributed by atoms with E-state index in [1.165, 1.54) is 25.3 Å². The predicted octanol–water partition coefficient (Wildman–Crippen LogP) is 5.95. The third-order valence-electron chi connectivity index (χ3n) is 5.20. The number of rotatable bonds is 8. The van der Waals surface area contributed by atoms with Crippen LogP contribution in [0.5, 0.6) is 11.5 Å². The molecule has 0 heterocycles. The zero-order valence-corrected chi connectivity index (χ0v) is 21.5. The number of carbonyl (C=O) groups excluding carboxylic acids is 1. The van der Waals surface area contributed by atoms with Gasteiger partial charge < -0.3 is 14.8 Å². The molecule has 0 atom stereocenters. The van der Waals surface area contributed by atoms with E-state index in [9.17, 15) is 20.2 Å². The fraction of sp³-hybridized carbons (Fsp3) is 0.154. The summed E-state index contributed by atoms with van der Waals surface area (Å²) in [6.45, 7) is 4.03. The van der Waals surface area contributed by atoms with Crippen LogP contribution in [0.15, 0.2) is 60.2 Å². The maximum Gasteiger partial charge on any atom is 0.269 e. The van der Waals surface area contributed by atoms with Crippen LogP contribution in [0.25, 0.3) is 6.08 Å². The summed E-state index contributed by atoms with van der Waals surface area (Å²) in [6, 6.07) is 17.1. The molecule has 0 aliphatic heterocycles. The largest absolute Gasteiger partial charge is 0.493 e. The van der Waals surface area contributed by atoms with Crippen LogP contribution >= 0.6 is 22.6 Å². The zero-order chi connectivity index (χ0) is 25.5. The van der Waals surface area contributed by atoms with Gasteiger partial charge in [-0.05, 0) is 89.0 Å². The van der Waals surface area contributed by atoms with Crippen LogP contribution < -0.4 is 14.8 Å². The number of nitriles is 1. The second-order valence-electron chi connectivity index (χ2n) is 7.67. The SMILES string of the molecule is COc1cc(/C=C(\C#N)C(=O)Nc2ccc(C)c(C)c2)cc(I)c1OCc1cccc([N+](=O)[O-])c1. The van der Waals surface area contributed by atoms with Crippen molar-refractivity contribution in [1.29, 1.82) is 5.26 Å². The average Bonchev–Trinajstić information content (AvgIpc) is 2.83. The van der Waals surface area contributed by atoms with Gasteiger partial charge in [0, 0.05) is 17.8 Å². The number of amides is 1. The number of nitrogens with one attached hydrogen (secondary N) is 1. The van der Waals surface area contributed by atoms with E-state index < -0.39 is 10.8 Å². The number of hydrogen-bond donors (Lipinski definition) is 1. The van der Waals surface area contributed by atoms with Gasteiger partial charge in [0.25, 0.3) is 11.6 Å². The first kappa shape index (κ1) is 25.7. The van der Waals surface area contributed by atoms with Gasteiger partial charge in [-0.1, -0.05) is 18.2 Å². The topological polar surface area (TPSA) is 114 Å². The van der Waals surface area contributed by atoms with Crippen molar-refractivity contribution in [2.45, 2.75) is 20.5 Å². The molecular weight excluding hydrogens is 561 g/mol. The second-order valence-corrected chi connectivity index (χ2v) is 8.83. The van der Waals surface area contributed by atoms with Gasteiger partial charge in [-0.2, -0.15) is 5.26 Å². The number of non-ortho nitro benzene ring substituents is 1. The molecule has 3 rings (SSSR count). The van der Waals surface area contributed by atoms with E-state index in [2.05, 4.69) is 27.9 Å². The van der Waals surface area contributed by atoms with Crippen LogP contribution in [0, 0.1) is 38.9 Å². The molecule has 3 aromatic rings. The molecule has 8 nitrogen and oxygen atoms in total. The lowest BCUT2D eigenvalue weighted by molar-refractivity contribution is -0.384. The number of nitro groups is 1. The lowest BCUT2D eigenvalue weighted by Crippen LogP contribution is -2.13. The van der Waals surface area contributed by atoms with Crippen molar-refractivity contribution in [1.82, 2.24) is 0 Å². The quantitative estimate of drug-likeness (QED) is 0.115. The predicted molar refractivity (Wildman–Crippen MR) is 141 cm³/mol. The Morgan fingerprint density at radius 3 is 2.60 bits per heavy atom. The lowest BCUT2D eigenvalue weighted by Gasteiger charge is -2.14. The summed E-state index contributed by atoms with van der Waals surface area (Å²) >= 11 is 2.07. The molecular formula is C26H22IN3O5. The Morgan fingerprint density at radius 1 is 1.17 bits per heavy atom. The van der Waals surface area contributed by atoms with Gasteiger partial charge in [0.1, 0.15) is 18.2 Å². The second kappa shape index (κ2) is 11.5. The van der Waals surface area contributed by atoms with Crippen LogP contribution in [-0.2, 0) is 11.4 Å². The standard InChI is InChI=1S/C26H22IN3O5/c1-16-7-8-21(9-17(16)2)29-26(31)20(14-28)10-19-12-23(27)25(24(13-19)34-3)35-15-18-5-4-6-22(11-18)30(32)33/h4-13H,15H2,1-3H3,(H,29,31)/b20-10+. The summed E-state index contributed by atoms with van der Waals surface area (Å²) in [7, 11) is 1.48. The summed E-state index contributed by atoms with van der Waals surface area (Å²) in [5, 5.41) is 23.3. The molecule has 178 valence electrons. The van der Waals surface area contributed by atoms with E-state index >= 15 is 0 Å². The van der Waals surface area contributed by atoms with Crippen LogP contribution in [0.2, 0.25) is 0 Å². The first-order chi connectivity index (χ1) is 16.7. The molecule has 0 aliphatic rings. The fourth-order valence-electron chi connectivity index (χ4n) is 3.21. The Bertz CT molecular complexity index is 1360. The zero-order valence-electron chi connectivity index (χ0n) is 19.3. The van der Waals surface area contributed by atoms with E-state index in [0.29, 0.717) is 31.9 Å². The maximum absolute atomic E-state index is 12.7. The number of carbonyl (C=O) groups is 1. The first-order valence-electron chi connectivity index (χ1n) is 10.5. The molecule has 0 saturated carbocycles. The number of halogens is 1. The van der Waals surface area contributed by atoms with Gasteiger partial charge in [0.15, 0.2) is 11.5 Å². The minimum atomic E-state index is -0.518. The maximum atomic E-state index is 12.7. The van der Waals surface area contributed by atoms with E-state index in [0.717, 1.165) is 11.1 Å².